The number of hydrogen-bond acceptors (Lipinski definition) is 1. The van der Waals surface area contributed by atoms with E-state index in [9.17, 15) is 18.0 Å². The third kappa shape index (κ3) is 3.85. The largest absolute Gasteiger partial charge is 0.416 e. The topological polar surface area (TPSA) is 17.1 Å². The third-order valence-corrected chi connectivity index (χ3v) is 3.33. The third-order valence-electron chi connectivity index (χ3n) is 3.09. The molecule has 0 bridgehead atoms. The van der Waals surface area contributed by atoms with Gasteiger partial charge in [-0.15, -0.1) is 11.6 Å². The van der Waals surface area contributed by atoms with Gasteiger partial charge in [-0.1, -0.05) is 42.5 Å². The maximum Gasteiger partial charge on any atom is 0.416 e. The zero-order valence-electron chi connectivity index (χ0n) is 11.0. The van der Waals surface area contributed by atoms with Crippen molar-refractivity contribution in [3.8, 4) is 0 Å². The Morgan fingerprint density at radius 2 is 1.76 bits per heavy atom. The lowest BCUT2D eigenvalue weighted by atomic mass is 9.97. The molecule has 110 valence electrons. The number of alkyl halides is 4. The molecule has 0 aliphatic carbocycles. The van der Waals surface area contributed by atoms with Crippen LogP contribution in [0.4, 0.5) is 13.2 Å². The standard InChI is InChI=1S/C16H12ClF3O/c17-10-15(21)14-7-2-1-5-12(14)8-11-4-3-6-13(9-11)16(18,19)20/h1-7,9H,8,10H2. The van der Waals surface area contributed by atoms with Gasteiger partial charge >= 0.3 is 6.18 Å². The summed E-state index contributed by atoms with van der Waals surface area (Å²) < 4.78 is 38.1. The average Bonchev–Trinajstić information content (AvgIpc) is 2.46. The molecular formula is C16H12ClF3O. The van der Waals surface area contributed by atoms with Gasteiger partial charge in [0.05, 0.1) is 11.4 Å². The summed E-state index contributed by atoms with van der Waals surface area (Å²) in [6.07, 6.45) is -4.12. The van der Waals surface area contributed by atoms with E-state index in [4.69, 9.17) is 11.6 Å². The molecule has 0 aromatic heterocycles. The lowest BCUT2D eigenvalue weighted by Gasteiger charge is -2.10. The van der Waals surface area contributed by atoms with Crippen LogP contribution in [0.2, 0.25) is 0 Å². The number of rotatable bonds is 4. The van der Waals surface area contributed by atoms with Crippen molar-refractivity contribution in [1.82, 2.24) is 0 Å². The molecule has 1 nitrogen and oxygen atoms in total. The van der Waals surface area contributed by atoms with Crippen LogP contribution in [0.25, 0.3) is 0 Å². The van der Waals surface area contributed by atoms with Gasteiger partial charge in [-0.2, -0.15) is 13.2 Å². The van der Waals surface area contributed by atoms with Gasteiger partial charge in [0.1, 0.15) is 0 Å². The molecule has 0 fully saturated rings. The van der Waals surface area contributed by atoms with Crippen LogP contribution in [0.15, 0.2) is 48.5 Å². The van der Waals surface area contributed by atoms with Crippen LogP contribution in [0.1, 0.15) is 27.0 Å². The van der Waals surface area contributed by atoms with Gasteiger partial charge in [-0.25, -0.2) is 0 Å². The fraction of sp³-hybridized carbons (Fsp3) is 0.188. The Hall–Kier alpha value is -1.81. The average molecular weight is 313 g/mol. The Bertz CT molecular complexity index is 650. The Morgan fingerprint density at radius 3 is 2.43 bits per heavy atom. The predicted octanol–water partition coefficient (Wildman–Crippen LogP) is 4.72. The monoisotopic (exact) mass is 312 g/mol. The van der Waals surface area contributed by atoms with E-state index in [2.05, 4.69) is 0 Å². The molecule has 2 rings (SSSR count). The first-order valence-corrected chi connectivity index (χ1v) is 6.78. The number of benzene rings is 2. The van der Waals surface area contributed by atoms with E-state index in [1.807, 2.05) is 0 Å². The van der Waals surface area contributed by atoms with Crippen LogP contribution in [-0.4, -0.2) is 11.7 Å². The summed E-state index contributed by atoms with van der Waals surface area (Å²) in [6.45, 7) is 0. The van der Waals surface area contributed by atoms with Crippen LogP contribution in [0.5, 0.6) is 0 Å². The van der Waals surface area contributed by atoms with Gasteiger partial charge in [-0.05, 0) is 23.6 Å². The van der Waals surface area contributed by atoms with Crippen molar-refractivity contribution in [2.75, 3.05) is 5.88 Å². The lowest BCUT2D eigenvalue weighted by molar-refractivity contribution is -0.137. The first-order valence-electron chi connectivity index (χ1n) is 6.25. The normalized spacial score (nSPS) is 11.4. The molecule has 0 radical (unpaired) electrons. The Kier molecular flexibility index (Phi) is 4.68. The second-order valence-electron chi connectivity index (χ2n) is 4.59. The number of carbonyl (C=O) groups excluding carboxylic acids is 1. The Morgan fingerprint density at radius 1 is 1.05 bits per heavy atom. The van der Waals surface area contributed by atoms with Gasteiger partial charge in [0.25, 0.3) is 0 Å². The van der Waals surface area contributed by atoms with Crippen molar-refractivity contribution in [3.63, 3.8) is 0 Å². The molecule has 0 saturated heterocycles. The molecule has 2 aromatic carbocycles. The Labute approximate surface area is 125 Å². The van der Waals surface area contributed by atoms with E-state index in [-0.39, 0.29) is 18.1 Å². The molecule has 0 aliphatic heterocycles. The van der Waals surface area contributed by atoms with Crippen molar-refractivity contribution in [2.45, 2.75) is 12.6 Å². The zero-order chi connectivity index (χ0) is 15.5. The van der Waals surface area contributed by atoms with E-state index in [1.165, 1.54) is 6.07 Å². The summed E-state index contributed by atoms with van der Waals surface area (Å²) in [5, 5.41) is 0. The zero-order valence-corrected chi connectivity index (χ0v) is 11.7. The molecule has 0 spiro atoms. The number of halogens is 4. The van der Waals surface area contributed by atoms with E-state index in [0.29, 0.717) is 16.7 Å². The SMILES string of the molecule is O=C(CCl)c1ccccc1Cc1cccc(C(F)(F)F)c1. The molecular weight excluding hydrogens is 301 g/mol. The van der Waals surface area contributed by atoms with Crippen molar-refractivity contribution < 1.29 is 18.0 Å². The van der Waals surface area contributed by atoms with Gasteiger partial charge in [0.15, 0.2) is 5.78 Å². The van der Waals surface area contributed by atoms with E-state index in [1.54, 1.807) is 30.3 Å². The van der Waals surface area contributed by atoms with E-state index >= 15 is 0 Å². The molecule has 5 heteroatoms. The lowest BCUT2D eigenvalue weighted by Crippen LogP contribution is -2.07. The van der Waals surface area contributed by atoms with Crippen molar-refractivity contribution in [3.05, 3.63) is 70.8 Å². The molecule has 0 atom stereocenters. The highest BCUT2D eigenvalue weighted by Crippen LogP contribution is 2.30. The predicted molar refractivity (Wildman–Crippen MR) is 75.7 cm³/mol. The number of carbonyl (C=O) groups is 1. The number of hydrogen-bond donors (Lipinski definition) is 0. The van der Waals surface area contributed by atoms with Gasteiger partial charge in [0, 0.05) is 5.56 Å². The number of Topliss-reactive ketones (excluding diaryl/α,β-unsaturated/α-hetero) is 1. The number of ketones is 1. The van der Waals surface area contributed by atoms with Gasteiger partial charge in [-0.3, -0.25) is 4.79 Å². The van der Waals surface area contributed by atoms with Crippen LogP contribution in [-0.2, 0) is 12.6 Å². The fourth-order valence-corrected chi connectivity index (χ4v) is 2.24. The van der Waals surface area contributed by atoms with Crippen LogP contribution in [0.3, 0.4) is 0 Å². The first kappa shape index (κ1) is 15.6. The fourth-order valence-electron chi connectivity index (χ4n) is 2.10. The summed E-state index contributed by atoms with van der Waals surface area (Å²) in [6, 6.07) is 11.9. The highest BCUT2D eigenvalue weighted by molar-refractivity contribution is 6.30. The first-order chi connectivity index (χ1) is 9.91. The molecule has 2 aromatic rings. The van der Waals surface area contributed by atoms with Gasteiger partial charge in [0.2, 0.25) is 0 Å². The van der Waals surface area contributed by atoms with Crippen LogP contribution in [0, 0.1) is 0 Å². The van der Waals surface area contributed by atoms with E-state index in [0.717, 1.165) is 12.1 Å². The second-order valence-corrected chi connectivity index (χ2v) is 4.86. The van der Waals surface area contributed by atoms with Crippen molar-refractivity contribution in [1.29, 1.82) is 0 Å². The molecule has 0 amide bonds. The summed E-state index contributed by atoms with van der Waals surface area (Å²) >= 11 is 5.55. The van der Waals surface area contributed by atoms with Gasteiger partial charge < -0.3 is 0 Å². The minimum Gasteiger partial charge on any atom is -0.293 e. The Balaban J connectivity index is 2.33. The highest BCUT2D eigenvalue weighted by Gasteiger charge is 2.30. The van der Waals surface area contributed by atoms with Crippen LogP contribution >= 0.6 is 11.6 Å². The highest BCUT2D eigenvalue weighted by atomic mass is 35.5. The quantitative estimate of drug-likeness (QED) is 0.590. The minimum atomic E-state index is -4.37. The molecule has 21 heavy (non-hydrogen) atoms. The summed E-state index contributed by atoms with van der Waals surface area (Å²) in [4.78, 5) is 11.7. The van der Waals surface area contributed by atoms with Crippen molar-refractivity contribution in [2.24, 2.45) is 0 Å². The summed E-state index contributed by atoms with van der Waals surface area (Å²) in [5.41, 5.74) is 0.924. The molecule has 0 N–H and O–H groups in total. The van der Waals surface area contributed by atoms with Crippen molar-refractivity contribution >= 4 is 17.4 Å². The van der Waals surface area contributed by atoms with Crippen LogP contribution < -0.4 is 0 Å². The summed E-state index contributed by atoms with van der Waals surface area (Å²) in [5.74, 6) is -0.390. The second kappa shape index (κ2) is 6.31. The molecule has 0 unspecified atom stereocenters. The molecule has 0 saturated carbocycles. The smallest absolute Gasteiger partial charge is 0.293 e. The maximum absolute atomic E-state index is 12.7. The molecule has 0 aliphatic rings. The minimum absolute atomic E-state index is 0.153. The maximum atomic E-state index is 12.7. The van der Waals surface area contributed by atoms with E-state index < -0.39 is 11.7 Å². The summed E-state index contributed by atoms with van der Waals surface area (Å²) in [7, 11) is 0. The molecule has 0 heterocycles.